The summed E-state index contributed by atoms with van der Waals surface area (Å²) in [6.45, 7) is 9.45. The van der Waals surface area contributed by atoms with Gasteiger partial charge in [0.25, 0.3) is 11.8 Å². The first-order chi connectivity index (χ1) is 30.4. The molecule has 1 saturated heterocycles. The number of likely N-dealkylation sites (tertiary alicyclic amines) is 1. The van der Waals surface area contributed by atoms with Gasteiger partial charge in [-0.05, 0) is 105 Å². The Hall–Kier alpha value is -5.76. The quantitative estimate of drug-likeness (QED) is 0.108. The molecule has 3 N–H and O–H groups in total. The summed E-state index contributed by atoms with van der Waals surface area (Å²) >= 11 is 0. The van der Waals surface area contributed by atoms with E-state index in [1.165, 1.54) is 31.4 Å². The minimum absolute atomic E-state index is 0.0231. The average molecular weight is 886 g/mol. The average Bonchev–Trinajstić information content (AvgIpc) is 3.58. The number of carbonyl (C=O) groups is 5. The molecule has 2 heterocycles. The highest BCUT2D eigenvalue weighted by Gasteiger charge is 2.38. The van der Waals surface area contributed by atoms with Crippen molar-refractivity contribution >= 4 is 29.5 Å². The number of nitrogens with zero attached hydrogens (tertiary/aromatic N) is 2. The standard InChI is InChI=1S/C50H62F3N5O6/c1-32(2)28-41(56-49(63)42(29-33(3)4)55-47(61)38-24-26-57(5)27-25-38)48(62)54-40(21-14-34-10-8-7-9-11-34)22-23-45(59)58-43(44(64-6)31-46(58)60)30-35-12-15-36(16-13-35)37-17-19-39(20-18-37)50(51,52)53/h7-13,15-20,22-23,31-33,38,40-43H,14,21,24-30H2,1-6H3,(H,54,62)(H,55,61)(H,56,63)/b23-22+/t40-,41-,42-,43?/m0/s1. The van der Waals surface area contributed by atoms with E-state index in [9.17, 15) is 37.1 Å². The molecule has 2 aliphatic heterocycles. The molecule has 3 aromatic rings. The van der Waals surface area contributed by atoms with Gasteiger partial charge in [0.2, 0.25) is 17.7 Å². The van der Waals surface area contributed by atoms with E-state index in [0.29, 0.717) is 49.7 Å². The predicted octanol–water partition coefficient (Wildman–Crippen LogP) is 7.26. The van der Waals surface area contributed by atoms with Gasteiger partial charge in [0.15, 0.2) is 0 Å². The van der Waals surface area contributed by atoms with Crippen LogP contribution < -0.4 is 16.0 Å². The van der Waals surface area contributed by atoms with E-state index < -0.39 is 59.5 Å². The number of ether oxygens (including phenoxy) is 1. The highest BCUT2D eigenvalue weighted by atomic mass is 19.4. The molecule has 0 spiro atoms. The molecule has 5 amide bonds. The molecule has 11 nitrogen and oxygen atoms in total. The van der Waals surface area contributed by atoms with Crippen LogP contribution in [0.1, 0.15) is 76.5 Å². The molecular weight excluding hydrogens is 824 g/mol. The van der Waals surface area contributed by atoms with E-state index in [4.69, 9.17) is 4.74 Å². The van der Waals surface area contributed by atoms with Gasteiger partial charge < -0.3 is 25.6 Å². The number of alkyl halides is 3. The summed E-state index contributed by atoms with van der Waals surface area (Å²) in [4.78, 5) is 72.0. The Morgan fingerprint density at radius 1 is 0.781 bits per heavy atom. The molecule has 4 atom stereocenters. The third-order valence-corrected chi connectivity index (χ3v) is 11.7. The first-order valence-corrected chi connectivity index (χ1v) is 22.1. The first-order valence-electron chi connectivity index (χ1n) is 22.1. The van der Waals surface area contributed by atoms with Crippen LogP contribution in [0.25, 0.3) is 11.1 Å². The maximum atomic E-state index is 14.2. The first kappa shape index (κ1) is 49.3. The lowest BCUT2D eigenvalue weighted by molar-refractivity contribution is -0.140. The minimum Gasteiger partial charge on any atom is -0.499 e. The van der Waals surface area contributed by atoms with Crippen molar-refractivity contribution in [3.63, 3.8) is 0 Å². The van der Waals surface area contributed by atoms with Crippen LogP contribution in [0.3, 0.4) is 0 Å². The van der Waals surface area contributed by atoms with Gasteiger partial charge in [0.1, 0.15) is 23.9 Å². The van der Waals surface area contributed by atoms with Gasteiger partial charge in [0.05, 0.1) is 12.7 Å². The van der Waals surface area contributed by atoms with Crippen molar-refractivity contribution in [2.45, 2.75) is 103 Å². The van der Waals surface area contributed by atoms with Crippen LogP contribution in [-0.4, -0.2) is 90.8 Å². The summed E-state index contributed by atoms with van der Waals surface area (Å²) in [6, 6.07) is 18.4. The molecule has 64 heavy (non-hydrogen) atoms. The van der Waals surface area contributed by atoms with Gasteiger partial charge in [-0.3, -0.25) is 28.9 Å². The summed E-state index contributed by atoms with van der Waals surface area (Å²) in [5.41, 5.74) is 2.32. The van der Waals surface area contributed by atoms with Crippen molar-refractivity contribution in [2.75, 3.05) is 27.2 Å². The lowest BCUT2D eigenvalue weighted by Gasteiger charge is -2.30. The van der Waals surface area contributed by atoms with Gasteiger partial charge in [-0.2, -0.15) is 13.2 Å². The lowest BCUT2D eigenvalue weighted by atomic mass is 9.94. The van der Waals surface area contributed by atoms with Gasteiger partial charge in [-0.15, -0.1) is 0 Å². The normalized spacial score (nSPS) is 17.6. The molecule has 0 radical (unpaired) electrons. The van der Waals surface area contributed by atoms with Crippen molar-refractivity contribution in [3.8, 4) is 11.1 Å². The molecule has 0 saturated carbocycles. The zero-order valence-corrected chi connectivity index (χ0v) is 37.6. The van der Waals surface area contributed by atoms with Crippen molar-refractivity contribution < 1.29 is 41.9 Å². The molecule has 0 aromatic heterocycles. The Bertz CT molecular complexity index is 2110. The van der Waals surface area contributed by atoms with Crippen LogP contribution in [0.4, 0.5) is 13.2 Å². The Balaban J connectivity index is 1.31. The molecule has 2 aliphatic rings. The monoisotopic (exact) mass is 885 g/mol. The Morgan fingerprint density at radius 2 is 1.34 bits per heavy atom. The summed E-state index contributed by atoms with van der Waals surface area (Å²) < 4.78 is 44.9. The molecule has 344 valence electrons. The summed E-state index contributed by atoms with van der Waals surface area (Å²) in [5.74, 6) is -2.01. The molecular formula is C50H62F3N5O6. The number of imide groups is 1. The topological polar surface area (TPSA) is 137 Å². The van der Waals surface area contributed by atoms with Gasteiger partial charge in [-0.25, -0.2) is 0 Å². The van der Waals surface area contributed by atoms with Crippen molar-refractivity contribution in [1.82, 2.24) is 25.8 Å². The van der Waals surface area contributed by atoms with E-state index >= 15 is 0 Å². The fourth-order valence-corrected chi connectivity index (χ4v) is 8.11. The van der Waals surface area contributed by atoms with Crippen LogP contribution in [0, 0.1) is 17.8 Å². The van der Waals surface area contributed by atoms with Crippen LogP contribution in [-0.2, 0) is 47.7 Å². The van der Waals surface area contributed by atoms with Crippen LogP contribution in [0.15, 0.2) is 103 Å². The maximum absolute atomic E-state index is 14.2. The number of hydrogen-bond donors (Lipinski definition) is 3. The fourth-order valence-electron chi connectivity index (χ4n) is 8.11. The largest absolute Gasteiger partial charge is 0.499 e. The Morgan fingerprint density at radius 3 is 1.91 bits per heavy atom. The zero-order valence-electron chi connectivity index (χ0n) is 37.6. The van der Waals surface area contributed by atoms with Crippen molar-refractivity contribution in [3.05, 3.63) is 120 Å². The number of carbonyl (C=O) groups excluding carboxylic acids is 5. The number of piperidine rings is 1. The number of aryl methyl sites for hydroxylation is 1. The van der Waals surface area contributed by atoms with Crippen molar-refractivity contribution in [1.29, 1.82) is 0 Å². The van der Waals surface area contributed by atoms with Crippen molar-refractivity contribution in [2.24, 2.45) is 17.8 Å². The minimum atomic E-state index is -4.44. The van der Waals surface area contributed by atoms with E-state index in [1.807, 2.05) is 65.1 Å². The molecule has 1 unspecified atom stereocenters. The maximum Gasteiger partial charge on any atom is 0.416 e. The predicted molar refractivity (Wildman–Crippen MR) is 240 cm³/mol. The SMILES string of the molecule is COC1=CC(=O)N(C(=O)/C=C/[C@H](CCc2ccccc2)NC(=O)[C@H](CC(C)C)NC(=O)[C@H](CC(C)C)NC(=O)C2CCN(C)CC2)C1Cc1ccc(-c2ccc(C(F)(F)F)cc2)cc1. The van der Waals surface area contributed by atoms with Crippen LogP contribution in [0.2, 0.25) is 0 Å². The Labute approximate surface area is 374 Å². The van der Waals surface area contributed by atoms with Crippen LogP contribution in [0.5, 0.6) is 0 Å². The summed E-state index contributed by atoms with van der Waals surface area (Å²) in [5, 5.41) is 8.98. The number of halogens is 3. The second kappa shape index (κ2) is 22.7. The van der Waals surface area contributed by atoms with Gasteiger partial charge in [-0.1, -0.05) is 101 Å². The van der Waals surface area contributed by atoms with E-state index in [0.717, 1.165) is 41.2 Å². The number of methoxy groups -OCH3 is 1. The lowest BCUT2D eigenvalue weighted by Crippen LogP contribution is -2.56. The molecule has 3 aromatic carbocycles. The second-order valence-corrected chi connectivity index (χ2v) is 17.7. The molecule has 0 aliphatic carbocycles. The molecule has 0 bridgehead atoms. The second-order valence-electron chi connectivity index (χ2n) is 17.7. The fraction of sp³-hybridized carbons (Fsp3) is 0.460. The number of hydrogen-bond acceptors (Lipinski definition) is 7. The summed E-state index contributed by atoms with van der Waals surface area (Å²) in [6.07, 6.45) is 2.95. The van der Waals surface area contributed by atoms with Gasteiger partial charge >= 0.3 is 6.18 Å². The molecule has 1 fully saturated rings. The van der Waals surface area contributed by atoms with E-state index in [1.54, 1.807) is 30.3 Å². The number of benzene rings is 3. The highest BCUT2D eigenvalue weighted by molar-refractivity contribution is 6.08. The number of nitrogens with one attached hydrogen (secondary N) is 3. The number of rotatable bonds is 19. The highest BCUT2D eigenvalue weighted by Crippen LogP contribution is 2.32. The summed E-state index contributed by atoms with van der Waals surface area (Å²) in [7, 11) is 3.44. The van der Waals surface area contributed by atoms with E-state index in [-0.39, 0.29) is 35.8 Å². The van der Waals surface area contributed by atoms with E-state index in [2.05, 4.69) is 20.9 Å². The smallest absolute Gasteiger partial charge is 0.416 e. The third kappa shape index (κ3) is 14.1. The Kier molecular flexibility index (Phi) is 17.5. The third-order valence-electron chi connectivity index (χ3n) is 11.7. The molecule has 14 heteroatoms. The van der Waals surface area contributed by atoms with Crippen LogP contribution >= 0.6 is 0 Å². The zero-order chi connectivity index (χ0) is 46.6. The molecule has 5 rings (SSSR count). The number of amides is 5. The van der Waals surface area contributed by atoms with Gasteiger partial charge in [0, 0.05) is 30.5 Å².